The van der Waals surface area contributed by atoms with Gasteiger partial charge in [-0.1, -0.05) is 6.07 Å². The Morgan fingerprint density at radius 1 is 0.974 bits per heavy atom. The highest BCUT2D eigenvalue weighted by Gasteiger charge is 2.22. The Kier molecular flexibility index (Phi) is 7.47. The number of rotatable bonds is 7. The summed E-state index contributed by atoms with van der Waals surface area (Å²) in [5.41, 5.74) is 3.58. The van der Waals surface area contributed by atoms with Gasteiger partial charge in [0.25, 0.3) is 5.56 Å². The number of nitrogens with one attached hydrogen (secondary N) is 1. The van der Waals surface area contributed by atoms with E-state index >= 15 is 0 Å². The van der Waals surface area contributed by atoms with Crippen LogP contribution in [-0.4, -0.2) is 65.7 Å². The molecule has 0 bridgehead atoms. The highest BCUT2D eigenvalue weighted by atomic mass is 28.4. The molecule has 4 aromatic rings. The Bertz CT molecular complexity index is 1570. The Morgan fingerprint density at radius 2 is 1.69 bits per heavy atom. The molecule has 5 rings (SSSR count). The lowest BCUT2D eigenvalue weighted by Gasteiger charge is -2.31. The van der Waals surface area contributed by atoms with Crippen molar-refractivity contribution in [3.05, 3.63) is 81.9 Å². The first-order valence-corrected chi connectivity index (χ1v) is 16.2. The second-order valence-corrected chi connectivity index (χ2v) is 15.1. The standard InChI is InChI=1S/C29H34F2N4O3Si/c1-33-9-11-35(12-10-33)16-21-15-23-24(17-34(2)29(36)28(23)32-21)22-13-19(18-39(3,4)37)5-7-26(22)38-27-8-6-20(30)14-25(27)31/h5-8,13-15,17,32,37H,9-12,16,18H2,1-4H3. The van der Waals surface area contributed by atoms with E-state index in [1.54, 1.807) is 19.3 Å². The van der Waals surface area contributed by atoms with E-state index in [9.17, 15) is 18.4 Å². The topological polar surface area (TPSA) is 73.7 Å². The first-order chi connectivity index (χ1) is 18.5. The molecule has 0 saturated carbocycles. The third-order valence-corrected chi connectivity index (χ3v) is 8.37. The summed E-state index contributed by atoms with van der Waals surface area (Å²) in [6.45, 7) is 8.30. The molecule has 2 aromatic heterocycles. The van der Waals surface area contributed by atoms with E-state index in [4.69, 9.17) is 4.74 Å². The molecule has 0 amide bonds. The maximum atomic E-state index is 14.5. The Balaban J connectivity index is 1.62. The third kappa shape index (κ3) is 6.14. The predicted octanol–water partition coefficient (Wildman–Crippen LogP) is 4.63. The molecular formula is C29H34F2N4O3Si. The van der Waals surface area contributed by atoms with Gasteiger partial charge >= 0.3 is 0 Å². The maximum absolute atomic E-state index is 14.5. The maximum Gasteiger partial charge on any atom is 0.274 e. The lowest BCUT2D eigenvalue weighted by Crippen LogP contribution is -2.43. The van der Waals surface area contributed by atoms with Crippen molar-refractivity contribution in [3.63, 3.8) is 0 Å². The van der Waals surface area contributed by atoms with Gasteiger partial charge in [0.1, 0.15) is 17.1 Å². The first-order valence-electron chi connectivity index (χ1n) is 13.1. The monoisotopic (exact) mass is 552 g/mol. The van der Waals surface area contributed by atoms with Gasteiger partial charge in [-0.15, -0.1) is 0 Å². The molecular weight excluding hydrogens is 518 g/mol. The summed E-state index contributed by atoms with van der Waals surface area (Å²) in [5, 5.41) is 0.740. The molecule has 206 valence electrons. The van der Waals surface area contributed by atoms with Crippen molar-refractivity contribution in [3.8, 4) is 22.6 Å². The van der Waals surface area contributed by atoms with Gasteiger partial charge in [0.2, 0.25) is 0 Å². The molecule has 0 unspecified atom stereocenters. The van der Waals surface area contributed by atoms with Gasteiger partial charge in [-0.2, -0.15) is 0 Å². The minimum absolute atomic E-state index is 0.104. The molecule has 0 radical (unpaired) electrons. The van der Waals surface area contributed by atoms with E-state index in [1.807, 2.05) is 31.3 Å². The fourth-order valence-corrected chi connectivity index (χ4v) is 6.32. The Hall–Kier alpha value is -3.31. The largest absolute Gasteiger partial charge is 0.454 e. The summed E-state index contributed by atoms with van der Waals surface area (Å²) in [6, 6.07) is 11.2. The van der Waals surface area contributed by atoms with Crippen LogP contribution in [0.15, 0.2) is 53.5 Å². The van der Waals surface area contributed by atoms with Crippen LogP contribution in [0, 0.1) is 11.6 Å². The first kappa shape index (κ1) is 27.3. The fourth-order valence-electron chi connectivity index (χ4n) is 5.10. The number of H-pyrrole nitrogens is 1. The van der Waals surface area contributed by atoms with Crippen LogP contribution in [-0.2, 0) is 19.6 Å². The van der Waals surface area contributed by atoms with E-state index in [1.165, 1.54) is 10.6 Å². The summed E-state index contributed by atoms with van der Waals surface area (Å²) >= 11 is 0. The molecule has 7 nitrogen and oxygen atoms in total. The summed E-state index contributed by atoms with van der Waals surface area (Å²) < 4.78 is 35.6. The number of aromatic amines is 1. The molecule has 2 N–H and O–H groups in total. The van der Waals surface area contributed by atoms with Crippen molar-refractivity contribution in [2.24, 2.45) is 7.05 Å². The Labute approximate surface area is 227 Å². The third-order valence-electron chi connectivity index (χ3n) is 7.10. The number of halogens is 2. The Morgan fingerprint density at radius 3 is 2.38 bits per heavy atom. The van der Waals surface area contributed by atoms with Crippen LogP contribution in [0.1, 0.15) is 11.3 Å². The van der Waals surface area contributed by atoms with E-state index in [2.05, 4.69) is 21.8 Å². The number of aryl methyl sites for hydroxylation is 1. The molecule has 10 heteroatoms. The van der Waals surface area contributed by atoms with Crippen LogP contribution in [0.25, 0.3) is 22.0 Å². The molecule has 1 aliphatic heterocycles. The van der Waals surface area contributed by atoms with Crippen LogP contribution < -0.4 is 10.3 Å². The number of benzene rings is 2. The number of hydrogen-bond acceptors (Lipinski definition) is 5. The highest BCUT2D eigenvalue weighted by molar-refractivity contribution is 6.69. The van der Waals surface area contributed by atoms with Crippen molar-refractivity contribution in [1.82, 2.24) is 19.4 Å². The number of hydrogen-bond donors (Lipinski definition) is 2. The molecule has 1 saturated heterocycles. The number of fused-ring (bicyclic) bond motifs is 1. The van der Waals surface area contributed by atoms with Gasteiger partial charge in [0.05, 0.1) is 0 Å². The number of pyridine rings is 1. The van der Waals surface area contributed by atoms with Crippen LogP contribution in [0.5, 0.6) is 11.5 Å². The van der Waals surface area contributed by atoms with Gasteiger partial charge in [-0.3, -0.25) is 9.69 Å². The number of ether oxygens (including phenoxy) is 1. The van der Waals surface area contributed by atoms with Crippen molar-refractivity contribution in [1.29, 1.82) is 0 Å². The van der Waals surface area contributed by atoms with Crippen LogP contribution >= 0.6 is 0 Å². The minimum Gasteiger partial charge on any atom is -0.454 e. The van der Waals surface area contributed by atoms with E-state index < -0.39 is 20.0 Å². The number of piperazine rings is 1. The van der Waals surface area contributed by atoms with Crippen molar-refractivity contribution in [2.75, 3.05) is 33.2 Å². The van der Waals surface area contributed by atoms with Crippen molar-refractivity contribution >= 4 is 19.2 Å². The SMILES string of the molecule is CN1CCN(Cc2cc3c(-c4cc(C[Si](C)(C)O)ccc4Oc4ccc(F)cc4F)cn(C)c(=O)c3[nH]2)CC1. The summed E-state index contributed by atoms with van der Waals surface area (Å²) in [7, 11) is 1.37. The second kappa shape index (κ2) is 10.7. The smallest absolute Gasteiger partial charge is 0.274 e. The molecule has 3 heterocycles. The fraction of sp³-hybridized carbons (Fsp3) is 0.345. The summed E-state index contributed by atoms with van der Waals surface area (Å²) in [5.74, 6) is -1.24. The summed E-state index contributed by atoms with van der Waals surface area (Å²) in [4.78, 5) is 31.7. The normalized spacial score (nSPS) is 15.3. The lowest BCUT2D eigenvalue weighted by atomic mass is 10.0. The second-order valence-electron chi connectivity index (χ2n) is 11.1. The van der Waals surface area contributed by atoms with Crippen LogP contribution in [0.4, 0.5) is 8.78 Å². The van der Waals surface area contributed by atoms with Crippen molar-refractivity contribution < 1.29 is 18.3 Å². The lowest BCUT2D eigenvalue weighted by molar-refractivity contribution is 0.147. The number of nitrogens with zero attached hydrogens (tertiary/aromatic N) is 3. The van der Waals surface area contributed by atoms with Crippen molar-refractivity contribution in [2.45, 2.75) is 25.7 Å². The van der Waals surface area contributed by atoms with Crippen LogP contribution in [0.2, 0.25) is 13.1 Å². The van der Waals surface area contributed by atoms with E-state index in [-0.39, 0.29) is 11.3 Å². The highest BCUT2D eigenvalue weighted by Crippen LogP contribution is 2.38. The van der Waals surface area contributed by atoms with Gasteiger partial charge in [0.15, 0.2) is 19.9 Å². The number of aromatic nitrogens is 2. The van der Waals surface area contributed by atoms with Gasteiger partial charge < -0.3 is 24.0 Å². The molecule has 0 aliphatic carbocycles. The molecule has 0 spiro atoms. The zero-order valence-corrected chi connectivity index (χ0v) is 23.7. The number of likely N-dealkylation sites (N-methyl/N-ethyl adjacent to an activating group) is 1. The molecule has 39 heavy (non-hydrogen) atoms. The average molecular weight is 553 g/mol. The molecule has 2 aromatic carbocycles. The van der Waals surface area contributed by atoms with Gasteiger partial charge in [-0.25, -0.2) is 8.78 Å². The zero-order valence-electron chi connectivity index (χ0n) is 22.7. The predicted molar refractivity (Wildman–Crippen MR) is 152 cm³/mol. The average Bonchev–Trinajstić information content (AvgIpc) is 3.28. The summed E-state index contributed by atoms with van der Waals surface area (Å²) in [6.07, 6.45) is 1.76. The molecule has 1 fully saturated rings. The van der Waals surface area contributed by atoms with E-state index in [0.29, 0.717) is 29.4 Å². The minimum atomic E-state index is -2.44. The van der Waals surface area contributed by atoms with Crippen LogP contribution in [0.3, 0.4) is 0 Å². The molecule has 0 atom stereocenters. The van der Waals surface area contributed by atoms with Gasteiger partial charge in [0, 0.05) is 74.2 Å². The quantitative estimate of drug-likeness (QED) is 0.327. The van der Waals surface area contributed by atoms with E-state index in [0.717, 1.165) is 60.5 Å². The zero-order chi connectivity index (χ0) is 27.9. The molecule has 1 aliphatic rings. The van der Waals surface area contributed by atoms with Gasteiger partial charge in [-0.05, 0) is 62.1 Å².